The SMILES string of the molecule is C[C@@H](NC(=O)COC(=O)c1ccc(N2C(=O)[C@@H]3C4c5ccccc5C(c5ccccc54)[C@@H]3C2=O)cc1)c1ccccc1. The van der Waals surface area contributed by atoms with Crippen molar-refractivity contribution in [3.05, 3.63) is 137 Å². The van der Waals surface area contributed by atoms with E-state index in [9.17, 15) is 19.2 Å². The van der Waals surface area contributed by atoms with E-state index in [1.54, 1.807) is 12.1 Å². The van der Waals surface area contributed by atoms with Gasteiger partial charge in [0.15, 0.2) is 6.61 Å². The topological polar surface area (TPSA) is 92.8 Å². The Bertz CT molecular complexity index is 1620. The molecule has 3 amide bonds. The maximum atomic E-state index is 13.9. The highest BCUT2D eigenvalue weighted by molar-refractivity contribution is 6.23. The molecule has 208 valence electrons. The van der Waals surface area contributed by atoms with E-state index in [0.29, 0.717) is 5.69 Å². The number of ether oxygens (including phenoxy) is 1. The minimum absolute atomic E-state index is 0.182. The number of esters is 1. The van der Waals surface area contributed by atoms with Crippen LogP contribution in [-0.2, 0) is 19.1 Å². The van der Waals surface area contributed by atoms with Crippen LogP contribution < -0.4 is 10.2 Å². The van der Waals surface area contributed by atoms with Gasteiger partial charge in [-0.3, -0.25) is 14.4 Å². The first-order valence-corrected chi connectivity index (χ1v) is 14.1. The highest BCUT2D eigenvalue weighted by Gasteiger charge is 2.61. The van der Waals surface area contributed by atoms with Crippen molar-refractivity contribution in [2.75, 3.05) is 11.5 Å². The minimum Gasteiger partial charge on any atom is -0.452 e. The summed E-state index contributed by atoms with van der Waals surface area (Å²) in [6, 6.07) is 31.7. The van der Waals surface area contributed by atoms with Crippen molar-refractivity contribution < 1.29 is 23.9 Å². The lowest BCUT2D eigenvalue weighted by molar-refractivity contribution is -0.125. The number of nitrogens with one attached hydrogen (secondary N) is 1. The number of anilines is 1. The van der Waals surface area contributed by atoms with E-state index >= 15 is 0 Å². The molecule has 0 saturated carbocycles. The molecular formula is C35H28N2O5. The van der Waals surface area contributed by atoms with Gasteiger partial charge in [0.05, 0.1) is 29.1 Å². The first-order chi connectivity index (χ1) is 20.4. The van der Waals surface area contributed by atoms with E-state index in [2.05, 4.69) is 29.6 Å². The zero-order chi connectivity index (χ0) is 29.0. The fourth-order valence-electron chi connectivity index (χ4n) is 7.00. The number of benzene rings is 4. The number of imide groups is 1. The van der Waals surface area contributed by atoms with Gasteiger partial charge in [-0.25, -0.2) is 9.69 Å². The van der Waals surface area contributed by atoms with E-state index in [4.69, 9.17) is 4.74 Å². The molecule has 3 atom stereocenters. The number of hydrogen-bond donors (Lipinski definition) is 1. The van der Waals surface area contributed by atoms with Crippen LogP contribution in [0.3, 0.4) is 0 Å². The molecular weight excluding hydrogens is 528 g/mol. The zero-order valence-corrected chi connectivity index (χ0v) is 22.9. The van der Waals surface area contributed by atoms with Gasteiger partial charge in [-0.2, -0.15) is 0 Å². The van der Waals surface area contributed by atoms with Crippen LogP contribution in [0, 0.1) is 11.8 Å². The average molecular weight is 557 g/mol. The summed E-state index contributed by atoms with van der Waals surface area (Å²) in [5, 5.41) is 2.81. The molecule has 8 rings (SSSR count). The second kappa shape index (κ2) is 10.1. The Kier molecular flexibility index (Phi) is 6.23. The standard InChI is InChI=1S/C35H28N2O5/c1-20(21-9-3-2-4-10-21)36-28(38)19-42-35(41)22-15-17-23(18-16-22)37-33(39)31-29-24-11-5-6-12-25(24)30(32(31)34(37)40)27-14-8-7-13-26(27)29/h2-18,20,29-32H,19H2,1H3,(H,36,38)/t20-,29?,30?,31-,32+/m1/s1. The molecule has 2 bridgehead atoms. The number of carbonyl (C=O) groups excluding carboxylic acids is 4. The monoisotopic (exact) mass is 556 g/mol. The van der Waals surface area contributed by atoms with Crippen molar-refractivity contribution >= 4 is 29.4 Å². The molecule has 0 unspecified atom stereocenters. The van der Waals surface area contributed by atoms with Crippen molar-refractivity contribution in [3.63, 3.8) is 0 Å². The fraction of sp³-hybridized carbons (Fsp3) is 0.200. The van der Waals surface area contributed by atoms with Crippen LogP contribution in [0.4, 0.5) is 5.69 Å². The normalized spacial score (nSPS) is 22.2. The molecule has 0 radical (unpaired) electrons. The molecule has 42 heavy (non-hydrogen) atoms. The first-order valence-electron chi connectivity index (χ1n) is 14.1. The molecule has 1 saturated heterocycles. The smallest absolute Gasteiger partial charge is 0.338 e. The molecule has 0 aromatic heterocycles. The molecule has 3 aliphatic carbocycles. The Hall–Kier alpha value is -5.04. The third-order valence-electron chi connectivity index (χ3n) is 8.82. The molecule has 1 aliphatic heterocycles. The predicted octanol–water partition coefficient (Wildman–Crippen LogP) is 5.12. The molecule has 1 N–H and O–H groups in total. The van der Waals surface area contributed by atoms with Crippen LogP contribution >= 0.6 is 0 Å². The molecule has 4 aromatic carbocycles. The van der Waals surface area contributed by atoms with Crippen LogP contribution in [0.1, 0.15) is 63.0 Å². The zero-order valence-electron chi connectivity index (χ0n) is 22.9. The summed E-state index contributed by atoms with van der Waals surface area (Å²) in [4.78, 5) is 54.1. The molecule has 0 spiro atoms. The molecule has 7 nitrogen and oxygen atoms in total. The van der Waals surface area contributed by atoms with Crippen molar-refractivity contribution in [2.24, 2.45) is 11.8 Å². The maximum Gasteiger partial charge on any atom is 0.338 e. The van der Waals surface area contributed by atoms with Gasteiger partial charge in [-0.15, -0.1) is 0 Å². The fourth-order valence-corrected chi connectivity index (χ4v) is 7.00. The van der Waals surface area contributed by atoms with Crippen LogP contribution in [0.2, 0.25) is 0 Å². The van der Waals surface area contributed by atoms with Gasteiger partial charge >= 0.3 is 5.97 Å². The van der Waals surface area contributed by atoms with E-state index in [0.717, 1.165) is 27.8 Å². The van der Waals surface area contributed by atoms with Crippen LogP contribution in [0.5, 0.6) is 0 Å². The molecule has 1 fully saturated rings. The summed E-state index contributed by atoms with van der Waals surface area (Å²) in [6.45, 7) is 1.43. The van der Waals surface area contributed by atoms with Crippen molar-refractivity contribution in [3.8, 4) is 0 Å². The third kappa shape index (κ3) is 4.04. The van der Waals surface area contributed by atoms with Crippen molar-refractivity contribution in [1.82, 2.24) is 5.32 Å². The minimum atomic E-state index is -0.666. The second-order valence-electron chi connectivity index (χ2n) is 11.1. The van der Waals surface area contributed by atoms with E-state index in [1.807, 2.05) is 61.5 Å². The number of amides is 3. The largest absolute Gasteiger partial charge is 0.452 e. The Morgan fingerprint density at radius 2 is 1.19 bits per heavy atom. The van der Waals surface area contributed by atoms with E-state index in [1.165, 1.54) is 17.0 Å². The summed E-state index contributed by atoms with van der Waals surface area (Å²) in [5.41, 5.74) is 6.05. The molecule has 7 heteroatoms. The van der Waals surface area contributed by atoms with Gasteiger partial charge < -0.3 is 10.1 Å². The maximum absolute atomic E-state index is 13.9. The third-order valence-corrected chi connectivity index (χ3v) is 8.82. The number of carbonyl (C=O) groups is 4. The van der Waals surface area contributed by atoms with Gasteiger partial charge in [0.25, 0.3) is 5.91 Å². The highest BCUT2D eigenvalue weighted by Crippen LogP contribution is 2.61. The lowest BCUT2D eigenvalue weighted by Crippen LogP contribution is -2.41. The van der Waals surface area contributed by atoms with Gasteiger partial charge in [-0.1, -0.05) is 78.9 Å². The van der Waals surface area contributed by atoms with Gasteiger partial charge in [0.1, 0.15) is 0 Å². The molecule has 4 aliphatic rings. The lowest BCUT2D eigenvalue weighted by atomic mass is 9.55. The van der Waals surface area contributed by atoms with Crippen LogP contribution in [0.25, 0.3) is 0 Å². The highest BCUT2D eigenvalue weighted by atomic mass is 16.5. The average Bonchev–Trinajstić information content (AvgIpc) is 3.30. The van der Waals surface area contributed by atoms with Crippen molar-refractivity contribution in [2.45, 2.75) is 24.8 Å². The summed E-state index contributed by atoms with van der Waals surface area (Å²) in [7, 11) is 0. The summed E-state index contributed by atoms with van der Waals surface area (Å²) in [5.74, 6) is -2.84. The second-order valence-corrected chi connectivity index (χ2v) is 11.1. The van der Waals surface area contributed by atoms with Crippen molar-refractivity contribution in [1.29, 1.82) is 0 Å². The Morgan fingerprint density at radius 1 is 0.714 bits per heavy atom. The van der Waals surface area contributed by atoms with E-state index < -0.39 is 30.3 Å². The van der Waals surface area contributed by atoms with Crippen LogP contribution in [-0.4, -0.2) is 30.3 Å². The Morgan fingerprint density at radius 3 is 1.69 bits per heavy atom. The quantitative estimate of drug-likeness (QED) is 0.263. The molecule has 1 heterocycles. The van der Waals surface area contributed by atoms with Gasteiger partial charge in [0.2, 0.25) is 11.8 Å². The summed E-state index contributed by atoms with van der Waals surface area (Å²) >= 11 is 0. The Balaban J connectivity index is 1.07. The Labute approximate surface area is 243 Å². The summed E-state index contributed by atoms with van der Waals surface area (Å²) in [6.07, 6.45) is 0. The lowest BCUT2D eigenvalue weighted by Gasteiger charge is -2.45. The first kappa shape index (κ1) is 25.9. The number of rotatable bonds is 6. The predicted molar refractivity (Wildman–Crippen MR) is 156 cm³/mol. The summed E-state index contributed by atoms with van der Waals surface area (Å²) < 4.78 is 5.22. The number of hydrogen-bond acceptors (Lipinski definition) is 5. The molecule has 4 aromatic rings. The van der Waals surface area contributed by atoms with Gasteiger partial charge in [-0.05, 0) is 59.0 Å². The van der Waals surface area contributed by atoms with Gasteiger partial charge in [0, 0.05) is 11.8 Å². The van der Waals surface area contributed by atoms with Crippen LogP contribution in [0.15, 0.2) is 103 Å². The number of nitrogens with zero attached hydrogens (tertiary/aromatic N) is 1. The van der Waals surface area contributed by atoms with E-state index in [-0.39, 0.29) is 35.3 Å².